The number of nitrogens with two attached hydrogens (primary N) is 1. The number of carboxylic acid groups (broad SMARTS) is 1. The molecule has 4 N–H and O–H groups in total. The van der Waals surface area contributed by atoms with Gasteiger partial charge in [-0.05, 0) is 44.9 Å². The summed E-state index contributed by atoms with van der Waals surface area (Å²) in [6.07, 6.45) is 35.3. The zero-order chi connectivity index (χ0) is 36.3. The molecule has 0 aromatic carbocycles. The van der Waals surface area contributed by atoms with Crippen LogP contribution in [0.3, 0.4) is 0 Å². The number of rotatable bonds is 37. The van der Waals surface area contributed by atoms with Crippen molar-refractivity contribution < 1.29 is 42.7 Å². The van der Waals surface area contributed by atoms with E-state index in [9.17, 15) is 19.0 Å². The van der Waals surface area contributed by atoms with Crippen molar-refractivity contribution in [1.82, 2.24) is 0 Å². The highest BCUT2D eigenvalue weighted by Gasteiger charge is 2.27. The third-order valence-electron chi connectivity index (χ3n) is 8.23. The lowest BCUT2D eigenvalue weighted by molar-refractivity contribution is -0.154. The lowest BCUT2D eigenvalue weighted by Crippen LogP contribution is -2.34. The van der Waals surface area contributed by atoms with E-state index in [0.29, 0.717) is 13.0 Å². The molecule has 10 nitrogen and oxygen atoms in total. The Bertz CT molecular complexity index is 883. The number of carboxylic acids is 1. The molecule has 0 saturated heterocycles. The van der Waals surface area contributed by atoms with Crippen LogP contribution < -0.4 is 5.73 Å². The maximum absolute atomic E-state index is 12.5. The van der Waals surface area contributed by atoms with Crippen molar-refractivity contribution in [3.05, 3.63) is 24.3 Å². The second kappa shape index (κ2) is 34.9. The first-order valence-corrected chi connectivity index (χ1v) is 20.9. The molecule has 0 radical (unpaired) electrons. The molecule has 0 bridgehead atoms. The number of aliphatic carboxylic acids is 1. The van der Waals surface area contributed by atoms with Crippen molar-refractivity contribution in [2.75, 3.05) is 26.4 Å². The Labute approximate surface area is 298 Å². The zero-order valence-corrected chi connectivity index (χ0v) is 31.9. The summed E-state index contributed by atoms with van der Waals surface area (Å²) in [6, 6.07) is -1.47. The fourth-order valence-corrected chi connectivity index (χ4v) is 5.94. The molecule has 0 amide bonds. The highest BCUT2D eigenvalue weighted by Crippen LogP contribution is 2.43. The number of hydrogen-bond acceptors (Lipinski definition) is 8. The molecule has 3 atom stereocenters. The van der Waals surface area contributed by atoms with Crippen LogP contribution in [0.1, 0.15) is 168 Å². The average Bonchev–Trinajstić information content (AvgIpc) is 3.07. The second-order valence-electron chi connectivity index (χ2n) is 13.1. The van der Waals surface area contributed by atoms with E-state index in [1.807, 2.05) is 0 Å². The minimum atomic E-state index is -4.60. The molecule has 0 aliphatic rings. The summed E-state index contributed by atoms with van der Waals surface area (Å²) in [5, 5.41) is 8.85. The topological polar surface area (TPSA) is 155 Å². The van der Waals surface area contributed by atoms with E-state index in [0.717, 1.165) is 51.4 Å². The number of phosphoric ester groups is 1. The molecule has 11 heteroatoms. The summed E-state index contributed by atoms with van der Waals surface area (Å²) in [5.74, 6) is -1.78. The van der Waals surface area contributed by atoms with Gasteiger partial charge in [-0.3, -0.25) is 18.6 Å². The van der Waals surface area contributed by atoms with Gasteiger partial charge in [0, 0.05) is 13.0 Å². The molecule has 0 saturated carbocycles. The van der Waals surface area contributed by atoms with E-state index in [-0.39, 0.29) is 13.0 Å². The molecule has 0 aromatic rings. The van der Waals surface area contributed by atoms with Crippen molar-refractivity contribution in [3.8, 4) is 0 Å². The molecule has 0 aliphatic carbocycles. The van der Waals surface area contributed by atoms with Crippen LogP contribution in [0.25, 0.3) is 0 Å². The third kappa shape index (κ3) is 34.7. The van der Waals surface area contributed by atoms with Crippen molar-refractivity contribution in [2.24, 2.45) is 5.73 Å². The van der Waals surface area contributed by atoms with E-state index in [4.69, 9.17) is 24.8 Å². The molecule has 0 fully saturated rings. The Morgan fingerprint density at radius 2 is 1.12 bits per heavy atom. The van der Waals surface area contributed by atoms with E-state index in [2.05, 4.69) is 42.7 Å². The standard InChI is InChI=1S/C38H72NO9P/c1-3-5-7-9-11-13-14-15-16-17-18-19-20-21-22-23-25-27-29-31-45-32-35(33-46-49(43,44)47-34-36(39)38(41)42)48-37(40)30-28-26-24-12-10-8-6-4-2/h13-14,16-17,35-36H,3-12,15,18-34,39H2,1-2H3,(H,41,42)(H,43,44)/b14-13-,17-16-. The highest BCUT2D eigenvalue weighted by molar-refractivity contribution is 7.47. The average molecular weight is 718 g/mol. The van der Waals surface area contributed by atoms with Crippen molar-refractivity contribution >= 4 is 19.8 Å². The Morgan fingerprint density at radius 1 is 0.653 bits per heavy atom. The molecule has 0 spiro atoms. The first kappa shape index (κ1) is 47.4. The van der Waals surface area contributed by atoms with Crippen molar-refractivity contribution in [2.45, 2.75) is 180 Å². The van der Waals surface area contributed by atoms with Crippen molar-refractivity contribution in [3.63, 3.8) is 0 Å². The van der Waals surface area contributed by atoms with Gasteiger partial charge in [-0.15, -0.1) is 0 Å². The van der Waals surface area contributed by atoms with Gasteiger partial charge in [0.25, 0.3) is 0 Å². The van der Waals surface area contributed by atoms with Gasteiger partial charge < -0.3 is 25.2 Å². The van der Waals surface area contributed by atoms with Crippen LogP contribution in [0.2, 0.25) is 0 Å². The SMILES string of the molecule is CCCCCC/C=C\C/C=C\CCCCCCCCCCOCC(COP(=O)(O)OCC(N)C(=O)O)OC(=O)CCCCCCCCCC. The quantitative estimate of drug-likeness (QED) is 0.0245. The number of carbonyl (C=O) groups is 2. The Morgan fingerprint density at radius 3 is 1.67 bits per heavy atom. The minimum Gasteiger partial charge on any atom is -0.480 e. The number of esters is 1. The molecule has 0 rings (SSSR count). The van der Waals surface area contributed by atoms with Crippen LogP contribution in [0, 0.1) is 0 Å². The van der Waals surface area contributed by atoms with Gasteiger partial charge in [0.1, 0.15) is 12.1 Å². The van der Waals surface area contributed by atoms with Crippen LogP contribution >= 0.6 is 7.82 Å². The van der Waals surface area contributed by atoms with E-state index >= 15 is 0 Å². The van der Waals surface area contributed by atoms with Gasteiger partial charge in [0.2, 0.25) is 0 Å². The number of unbranched alkanes of at least 4 members (excludes halogenated alkanes) is 19. The summed E-state index contributed by atoms with van der Waals surface area (Å²) in [6.45, 7) is 3.81. The molecule has 3 unspecified atom stereocenters. The highest BCUT2D eigenvalue weighted by atomic mass is 31.2. The first-order valence-electron chi connectivity index (χ1n) is 19.4. The van der Waals surface area contributed by atoms with Crippen molar-refractivity contribution in [1.29, 1.82) is 0 Å². The Hall–Kier alpha value is -1.55. The minimum absolute atomic E-state index is 0.0155. The van der Waals surface area contributed by atoms with Crippen LogP contribution in [0.15, 0.2) is 24.3 Å². The number of ether oxygens (including phenoxy) is 2. The summed E-state index contributed by atoms with van der Waals surface area (Å²) in [7, 11) is -4.60. The third-order valence-corrected chi connectivity index (χ3v) is 9.18. The molecule has 49 heavy (non-hydrogen) atoms. The van der Waals surface area contributed by atoms with Gasteiger partial charge in [0.05, 0.1) is 19.8 Å². The molecule has 0 aliphatic heterocycles. The van der Waals surface area contributed by atoms with Gasteiger partial charge in [0.15, 0.2) is 0 Å². The second-order valence-corrected chi connectivity index (χ2v) is 14.5. The zero-order valence-electron chi connectivity index (χ0n) is 31.0. The van der Waals surface area contributed by atoms with Gasteiger partial charge in [-0.1, -0.05) is 141 Å². The lowest BCUT2D eigenvalue weighted by atomic mass is 10.1. The molecule has 288 valence electrons. The number of carbonyl (C=O) groups excluding carboxylic acids is 1. The fraction of sp³-hybridized carbons (Fsp3) is 0.842. The number of hydrogen-bond donors (Lipinski definition) is 3. The normalized spacial score (nSPS) is 14.4. The summed E-state index contributed by atoms with van der Waals surface area (Å²) in [4.78, 5) is 33.3. The molecular weight excluding hydrogens is 645 g/mol. The largest absolute Gasteiger partial charge is 0.480 e. The van der Waals surface area contributed by atoms with Gasteiger partial charge in [-0.2, -0.15) is 0 Å². The molecule has 0 aromatic heterocycles. The van der Waals surface area contributed by atoms with Crippen LogP contribution in [0.4, 0.5) is 0 Å². The monoisotopic (exact) mass is 717 g/mol. The lowest BCUT2D eigenvalue weighted by Gasteiger charge is -2.20. The maximum Gasteiger partial charge on any atom is 0.472 e. The summed E-state index contributed by atoms with van der Waals surface area (Å²) < 4.78 is 33.1. The van der Waals surface area contributed by atoms with Gasteiger partial charge >= 0.3 is 19.8 Å². The number of phosphoric acid groups is 1. The fourth-order valence-electron chi connectivity index (χ4n) is 5.16. The maximum atomic E-state index is 12.5. The smallest absolute Gasteiger partial charge is 0.472 e. The summed E-state index contributed by atoms with van der Waals surface area (Å²) >= 11 is 0. The molecular formula is C38H72NO9P. The van der Waals surface area contributed by atoms with E-state index in [1.54, 1.807) is 0 Å². The van der Waals surface area contributed by atoms with E-state index in [1.165, 1.54) is 89.9 Å². The predicted octanol–water partition coefficient (Wildman–Crippen LogP) is 9.97. The Kier molecular flexibility index (Phi) is 33.8. The van der Waals surface area contributed by atoms with Crippen LogP contribution in [0.5, 0.6) is 0 Å². The van der Waals surface area contributed by atoms with E-state index < -0.39 is 45.1 Å². The summed E-state index contributed by atoms with van der Waals surface area (Å²) in [5.41, 5.74) is 5.33. The van der Waals surface area contributed by atoms with Crippen LogP contribution in [-0.4, -0.2) is 60.5 Å². The predicted molar refractivity (Wildman–Crippen MR) is 198 cm³/mol. The van der Waals surface area contributed by atoms with Crippen LogP contribution in [-0.2, 0) is 32.7 Å². The first-order chi connectivity index (χ1) is 23.7. The number of allylic oxidation sites excluding steroid dienone is 4. The molecule has 0 heterocycles. The van der Waals surface area contributed by atoms with Gasteiger partial charge in [-0.25, -0.2) is 4.57 Å². The Balaban J connectivity index is 4.18.